The second-order valence-corrected chi connectivity index (χ2v) is 13.1. The van der Waals surface area contributed by atoms with Crippen LogP contribution in [0.3, 0.4) is 0 Å². The van der Waals surface area contributed by atoms with E-state index in [0.717, 1.165) is 110 Å². The average Bonchev–Trinajstić information content (AvgIpc) is 3.14. The van der Waals surface area contributed by atoms with Gasteiger partial charge in [0.2, 0.25) is 17.7 Å². The number of hydrogen-bond acceptors (Lipinski definition) is 7. The Bertz CT molecular complexity index is 958. The number of hydrogen-bond donors (Lipinski definition) is 1. The van der Waals surface area contributed by atoms with E-state index >= 15 is 0 Å². The number of carbonyl (C=O) groups is 4. The molecular weight excluding hydrogens is 757 g/mol. The van der Waals surface area contributed by atoms with Crippen molar-refractivity contribution in [1.29, 1.82) is 0 Å². The lowest BCUT2D eigenvalue weighted by atomic mass is 10.2. The van der Waals surface area contributed by atoms with Crippen LogP contribution in [0.5, 0.6) is 0 Å². The highest BCUT2D eigenvalue weighted by molar-refractivity contribution is 5.91. The Morgan fingerprint density at radius 1 is 0.644 bits per heavy atom. The zero-order chi connectivity index (χ0) is 45.3. The summed E-state index contributed by atoms with van der Waals surface area (Å²) in [6.07, 6.45) is 9.70. The van der Waals surface area contributed by atoms with Crippen LogP contribution in [-0.2, 0) is 33.4 Å². The Hall–Kier alpha value is -3.12. The molecule has 1 aromatic carbocycles. The third kappa shape index (κ3) is 79.7. The molecule has 0 atom stereocenters. The van der Waals surface area contributed by atoms with Crippen LogP contribution in [0, 0.1) is 0 Å². The van der Waals surface area contributed by atoms with E-state index in [9.17, 15) is 28.0 Å². The van der Waals surface area contributed by atoms with Gasteiger partial charge < -0.3 is 29.3 Å². The highest BCUT2D eigenvalue weighted by Gasteiger charge is 2.20. The Morgan fingerprint density at radius 2 is 1.10 bits per heavy atom. The van der Waals surface area contributed by atoms with Crippen molar-refractivity contribution in [2.24, 2.45) is 0 Å². The molecule has 0 bridgehead atoms. The van der Waals surface area contributed by atoms with Gasteiger partial charge in [0.05, 0.1) is 13.2 Å². The third-order valence-corrected chi connectivity index (χ3v) is 6.68. The summed E-state index contributed by atoms with van der Waals surface area (Å²) in [6.45, 7) is 30.7. The number of anilines is 1. The third-order valence-electron chi connectivity index (χ3n) is 6.68. The number of carbonyl (C=O) groups excluding carboxylic acids is 4. The van der Waals surface area contributed by atoms with E-state index in [1.807, 2.05) is 56.1 Å². The monoisotopic (exact) mass is 854 g/mol. The Balaban J connectivity index is -0.0000000880. The van der Waals surface area contributed by atoms with E-state index < -0.39 is 6.11 Å². The van der Waals surface area contributed by atoms with Gasteiger partial charge in [-0.2, -0.15) is 8.78 Å². The lowest BCUT2D eigenvalue weighted by Crippen LogP contribution is -2.29. The second-order valence-electron chi connectivity index (χ2n) is 13.1. The summed E-state index contributed by atoms with van der Waals surface area (Å²) >= 11 is 0. The molecule has 59 heavy (non-hydrogen) atoms. The molecule has 0 aromatic heterocycles. The SMILES string of the molecule is C.C.CCC.CCCCN(C(C)=O)c1ccccc1.CCCCN(C)C(C)=O.CCCCNC(C)=O.CCCCOC(C)(F)F.CCCCOC(C)=O.CCCOCC. The normalized spacial score (nSPS) is 9.17. The number of benzene rings is 1. The van der Waals surface area contributed by atoms with Crippen LogP contribution >= 0.6 is 0 Å². The van der Waals surface area contributed by atoms with E-state index in [0.29, 0.717) is 13.0 Å². The molecule has 0 aliphatic heterocycles. The van der Waals surface area contributed by atoms with Crippen LogP contribution in [0.15, 0.2) is 30.3 Å². The summed E-state index contributed by atoms with van der Waals surface area (Å²) in [6, 6.07) is 9.81. The van der Waals surface area contributed by atoms with E-state index in [1.165, 1.54) is 20.3 Å². The predicted molar refractivity (Wildman–Crippen MR) is 250 cm³/mol. The summed E-state index contributed by atoms with van der Waals surface area (Å²) < 4.78 is 37.4. The van der Waals surface area contributed by atoms with Crippen molar-refractivity contribution in [2.75, 3.05) is 58.0 Å². The number of nitrogens with zero attached hydrogens (tertiary/aromatic N) is 2. The van der Waals surface area contributed by atoms with Gasteiger partial charge in [-0.3, -0.25) is 19.2 Å². The predicted octanol–water partition coefficient (Wildman–Crippen LogP) is 12.9. The van der Waals surface area contributed by atoms with Crippen LogP contribution in [0.2, 0.25) is 0 Å². The van der Waals surface area contributed by atoms with Crippen molar-refractivity contribution in [2.45, 2.75) is 195 Å². The molecule has 0 unspecified atom stereocenters. The lowest BCUT2D eigenvalue weighted by Gasteiger charge is -2.20. The maximum absolute atomic E-state index is 11.8. The number of halogens is 2. The minimum Gasteiger partial charge on any atom is -0.466 e. The first-order valence-corrected chi connectivity index (χ1v) is 21.4. The molecule has 1 aromatic rings. The molecule has 12 heteroatoms. The Morgan fingerprint density at radius 3 is 1.44 bits per heavy atom. The summed E-state index contributed by atoms with van der Waals surface area (Å²) in [7, 11) is 1.83. The highest BCUT2D eigenvalue weighted by Crippen LogP contribution is 2.14. The average molecular weight is 854 g/mol. The first-order chi connectivity index (χ1) is 26.9. The van der Waals surface area contributed by atoms with Crippen LogP contribution in [0.25, 0.3) is 0 Å². The van der Waals surface area contributed by atoms with Gasteiger partial charge >= 0.3 is 12.1 Å². The van der Waals surface area contributed by atoms with Crippen molar-refractivity contribution >= 4 is 29.4 Å². The second kappa shape index (κ2) is 59.2. The van der Waals surface area contributed by atoms with Gasteiger partial charge in [-0.15, -0.1) is 0 Å². The van der Waals surface area contributed by atoms with Crippen molar-refractivity contribution in [3.05, 3.63) is 30.3 Å². The first kappa shape index (κ1) is 73.4. The fourth-order valence-corrected chi connectivity index (χ4v) is 3.43. The number of ether oxygens (including phenoxy) is 3. The van der Waals surface area contributed by atoms with E-state index in [1.54, 1.807) is 18.7 Å². The number of esters is 1. The molecule has 0 spiro atoms. The van der Waals surface area contributed by atoms with Crippen LogP contribution in [0.4, 0.5) is 14.5 Å². The summed E-state index contributed by atoms with van der Waals surface area (Å²) in [5, 5.41) is 2.71. The highest BCUT2D eigenvalue weighted by atomic mass is 19.3. The van der Waals surface area contributed by atoms with E-state index in [4.69, 9.17) is 4.74 Å². The van der Waals surface area contributed by atoms with Gasteiger partial charge in [0, 0.05) is 80.2 Å². The smallest absolute Gasteiger partial charge is 0.352 e. The summed E-state index contributed by atoms with van der Waals surface area (Å²) in [5.74, 6) is 0.157. The Labute approximate surface area is 364 Å². The van der Waals surface area contributed by atoms with E-state index in [-0.39, 0.29) is 45.2 Å². The summed E-state index contributed by atoms with van der Waals surface area (Å²) in [5.41, 5.74) is 0.994. The van der Waals surface area contributed by atoms with Gasteiger partial charge in [-0.1, -0.05) is 127 Å². The molecule has 0 fully saturated rings. The van der Waals surface area contributed by atoms with Gasteiger partial charge in [0.1, 0.15) is 0 Å². The Kier molecular flexibility index (Phi) is 73.7. The van der Waals surface area contributed by atoms with Gasteiger partial charge in [0.15, 0.2) is 0 Å². The van der Waals surface area contributed by atoms with E-state index in [2.05, 4.69) is 63.3 Å². The largest absolute Gasteiger partial charge is 0.466 e. The molecule has 1 rings (SSSR count). The summed E-state index contributed by atoms with van der Waals surface area (Å²) in [4.78, 5) is 45.8. The fraction of sp³-hybridized carbons (Fsp3) is 0.787. The van der Waals surface area contributed by atoms with Crippen LogP contribution in [0.1, 0.15) is 189 Å². The van der Waals surface area contributed by atoms with Crippen molar-refractivity contribution in [3.63, 3.8) is 0 Å². The lowest BCUT2D eigenvalue weighted by molar-refractivity contribution is -0.224. The number of alkyl halides is 2. The maximum Gasteiger partial charge on any atom is 0.352 e. The zero-order valence-electron chi connectivity index (χ0n) is 39.3. The number of amides is 3. The van der Waals surface area contributed by atoms with Gasteiger partial charge in [-0.25, -0.2) is 0 Å². The number of nitrogens with one attached hydrogen (secondary N) is 1. The topological polar surface area (TPSA) is 114 Å². The van der Waals surface area contributed by atoms with Crippen LogP contribution in [-0.4, -0.2) is 87.8 Å². The minimum absolute atomic E-state index is 0. The molecule has 356 valence electrons. The molecule has 0 radical (unpaired) electrons. The minimum atomic E-state index is -2.95. The molecule has 0 saturated heterocycles. The van der Waals surface area contributed by atoms with Gasteiger partial charge in [-0.05, 0) is 57.6 Å². The standard InChI is InChI=1S/C12H17NO.C7H15NO.C6H12F2O.C6H13NO.C6H12O2.C5H12O.C3H8.2CH4/c1-3-4-10-13(11(2)14)12-8-6-5-7-9-12;1-4-5-6-8(3)7(2)9;1-3-4-5-9-6(2,7)8;1-3-4-5-7-6(2)8;1-3-4-5-8-6(2)7;1-3-5-6-4-2;1-3-2;;/h5-9H,3-4,10H2,1-2H3;4-6H2,1-3H3;3-5H2,1-2H3;3-5H2,1-2H3,(H,7,8);3-5H2,1-2H3;3-5H2,1-2H3;3H2,1-2H3;2*1H4. The number of rotatable bonds is 20. The first-order valence-electron chi connectivity index (χ1n) is 21.4. The molecule has 0 aliphatic rings. The molecule has 10 nitrogen and oxygen atoms in total. The number of unbranched alkanes of at least 4 members (excludes halogenated alkanes) is 5. The molecule has 0 saturated carbocycles. The van der Waals surface area contributed by atoms with Crippen molar-refractivity contribution in [1.82, 2.24) is 10.2 Å². The molecule has 1 N–H and O–H groups in total. The van der Waals surface area contributed by atoms with Crippen molar-refractivity contribution in [3.8, 4) is 0 Å². The molecule has 0 heterocycles. The molecule has 0 aliphatic carbocycles. The maximum atomic E-state index is 11.8. The van der Waals surface area contributed by atoms with Crippen molar-refractivity contribution < 1.29 is 42.2 Å². The molecular formula is C47H97F2N3O7. The zero-order valence-corrected chi connectivity index (χ0v) is 39.3. The number of para-hydroxylation sites is 1. The fourth-order valence-electron chi connectivity index (χ4n) is 3.43. The quantitative estimate of drug-likeness (QED) is 0.103. The molecule has 3 amide bonds. The van der Waals surface area contributed by atoms with Gasteiger partial charge in [0.25, 0.3) is 0 Å². The van der Waals surface area contributed by atoms with Crippen LogP contribution < -0.4 is 10.2 Å².